The molecule has 2 nitrogen and oxygen atoms in total. The second-order valence-corrected chi connectivity index (χ2v) is 6.41. The van der Waals surface area contributed by atoms with Crippen molar-refractivity contribution < 1.29 is 0 Å². The van der Waals surface area contributed by atoms with Crippen LogP contribution >= 0.6 is 24.8 Å². The molecule has 1 heterocycles. The summed E-state index contributed by atoms with van der Waals surface area (Å²) < 4.78 is 0.595. The summed E-state index contributed by atoms with van der Waals surface area (Å²) in [5.41, 5.74) is -0.528. The van der Waals surface area contributed by atoms with E-state index in [2.05, 4.69) is 29.5 Å². The van der Waals surface area contributed by atoms with E-state index >= 15 is 0 Å². The third-order valence-corrected chi connectivity index (χ3v) is 4.30. The van der Waals surface area contributed by atoms with Crippen LogP contribution in [0.15, 0.2) is 9.98 Å². The van der Waals surface area contributed by atoms with E-state index < -0.39 is 5.66 Å². The first-order chi connectivity index (χ1) is 9.21. The van der Waals surface area contributed by atoms with Crippen molar-refractivity contribution >= 4 is 41.5 Å². The van der Waals surface area contributed by atoms with Crippen LogP contribution in [0, 0.1) is 0 Å². The average Bonchev–Trinajstić information content (AvgIpc) is 2.87. The van der Waals surface area contributed by atoms with Gasteiger partial charge < -0.3 is 0 Å². The number of nitrogens with zero attached hydrogens (tertiary/aromatic N) is 2. The van der Waals surface area contributed by atoms with Crippen LogP contribution in [-0.4, -0.2) is 22.3 Å². The number of hydrogen-bond donors (Lipinski definition) is 1. The summed E-state index contributed by atoms with van der Waals surface area (Å²) in [5.74, 6) is 0. The molecule has 0 unspecified atom stereocenters. The molecule has 0 N–H and O–H groups in total. The molecule has 19 heavy (non-hydrogen) atoms. The van der Waals surface area contributed by atoms with Crippen LogP contribution in [-0.2, 0) is 0 Å². The van der Waals surface area contributed by atoms with E-state index in [1.54, 1.807) is 12.4 Å². The van der Waals surface area contributed by atoms with Gasteiger partial charge in [-0.15, -0.1) is 12.6 Å². The first kappa shape index (κ1) is 16.8. The lowest BCUT2D eigenvalue weighted by Gasteiger charge is -2.21. The molecule has 1 aliphatic rings. The molecule has 108 valence electrons. The molecule has 4 heteroatoms. The minimum Gasteiger partial charge on any atom is -0.256 e. The smallest absolute Gasteiger partial charge is 0.191 e. The predicted octanol–water partition coefficient (Wildman–Crippen LogP) is 5.02. The number of aliphatic imine (C=N–C) groups is 2. The van der Waals surface area contributed by atoms with Crippen LogP contribution in [0.2, 0.25) is 0 Å². The second kappa shape index (κ2) is 9.65. The lowest BCUT2D eigenvalue weighted by atomic mass is 10.0. The average molecular weight is 299 g/mol. The van der Waals surface area contributed by atoms with Gasteiger partial charge in [0.15, 0.2) is 5.66 Å². The Morgan fingerprint density at radius 2 is 1.42 bits per heavy atom. The molecule has 0 atom stereocenters. The minimum atomic E-state index is -0.528. The van der Waals surface area contributed by atoms with Crippen molar-refractivity contribution in [3.63, 3.8) is 0 Å². The van der Waals surface area contributed by atoms with E-state index in [0.29, 0.717) is 4.20 Å². The molecule has 0 saturated heterocycles. The highest BCUT2D eigenvalue weighted by molar-refractivity contribution is 8.11. The molecule has 0 fully saturated rings. The van der Waals surface area contributed by atoms with Crippen LogP contribution in [0.5, 0.6) is 0 Å². The SMILES string of the molecule is CCCCCCCCCCCC1(C(=S)S)N=CC=N1. The predicted molar refractivity (Wildman–Crippen MR) is 93.1 cm³/mol. The number of unbranched alkanes of at least 4 members (excludes halogenated alkanes) is 8. The molecular weight excluding hydrogens is 272 g/mol. The van der Waals surface area contributed by atoms with Gasteiger partial charge >= 0.3 is 0 Å². The molecule has 0 aliphatic carbocycles. The molecule has 0 aromatic rings. The van der Waals surface area contributed by atoms with E-state index in [9.17, 15) is 0 Å². The fourth-order valence-electron chi connectivity index (χ4n) is 2.38. The lowest BCUT2D eigenvalue weighted by Crippen LogP contribution is -2.28. The van der Waals surface area contributed by atoms with Gasteiger partial charge in [0.25, 0.3) is 0 Å². The zero-order valence-electron chi connectivity index (χ0n) is 12.0. The quantitative estimate of drug-likeness (QED) is 0.323. The summed E-state index contributed by atoms with van der Waals surface area (Å²) in [6.07, 6.45) is 16.3. The van der Waals surface area contributed by atoms with E-state index in [0.717, 1.165) is 12.8 Å². The van der Waals surface area contributed by atoms with Crippen molar-refractivity contribution in [2.45, 2.75) is 76.8 Å². The highest BCUT2D eigenvalue weighted by Crippen LogP contribution is 2.27. The van der Waals surface area contributed by atoms with Crippen LogP contribution in [0.25, 0.3) is 0 Å². The van der Waals surface area contributed by atoms with Crippen LogP contribution in [0.3, 0.4) is 0 Å². The second-order valence-electron chi connectivity index (χ2n) is 5.26. The van der Waals surface area contributed by atoms with Crippen molar-refractivity contribution in [2.75, 3.05) is 0 Å². The molecule has 0 amide bonds. The largest absolute Gasteiger partial charge is 0.256 e. The first-order valence-corrected chi connectivity index (χ1v) is 8.39. The Kier molecular flexibility index (Phi) is 8.55. The van der Waals surface area contributed by atoms with E-state index in [1.165, 1.54) is 51.4 Å². The van der Waals surface area contributed by atoms with Gasteiger partial charge in [0, 0.05) is 12.4 Å². The summed E-state index contributed by atoms with van der Waals surface area (Å²) >= 11 is 9.44. The topological polar surface area (TPSA) is 24.7 Å². The fourth-order valence-corrected chi connectivity index (χ4v) is 2.81. The summed E-state index contributed by atoms with van der Waals surface area (Å²) in [6, 6.07) is 0. The Bertz CT molecular complexity index is 312. The maximum absolute atomic E-state index is 5.16. The van der Waals surface area contributed by atoms with Gasteiger partial charge in [-0.2, -0.15) is 0 Å². The maximum atomic E-state index is 5.16. The minimum absolute atomic E-state index is 0.528. The Labute approximate surface area is 128 Å². The first-order valence-electron chi connectivity index (χ1n) is 7.54. The molecule has 0 spiro atoms. The molecule has 0 bridgehead atoms. The van der Waals surface area contributed by atoms with Crippen molar-refractivity contribution in [2.24, 2.45) is 9.98 Å². The molecule has 1 rings (SSSR count). The van der Waals surface area contributed by atoms with Gasteiger partial charge in [0.2, 0.25) is 0 Å². The van der Waals surface area contributed by atoms with Crippen LogP contribution in [0.4, 0.5) is 0 Å². The third-order valence-electron chi connectivity index (χ3n) is 3.61. The number of thiocarbonyl (C=S) groups is 1. The Morgan fingerprint density at radius 1 is 0.947 bits per heavy atom. The van der Waals surface area contributed by atoms with Gasteiger partial charge in [-0.05, 0) is 12.8 Å². The summed E-state index contributed by atoms with van der Waals surface area (Å²) in [7, 11) is 0. The fraction of sp³-hybridized carbons (Fsp3) is 0.800. The summed E-state index contributed by atoms with van der Waals surface area (Å²) in [5, 5.41) is 0. The van der Waals surface area contributed by atoms with Gasteiger partial charge in [-0.25, -0.2) is 0 Å². The zero-order chi connectivity index (χ0) is 14.0. The van der Waals surface area contributed by atoms with E-state index in [1.807, 2.05) is 0 Å². The highest BCUT2D eigenvalue weighted by Gasteiger charge is 2.31. The van der Waals surface area contributed by atoms with E-state index in [4.69, 9.17) is 12.2 Å². The molecule has 0 aromatic heterocycles. The Morgan fingerprint density at radius 3 is 1.89 bits per heavy atom. The van der Waals surface area contributed by atoms with Gasteiger partial charge in [0.1, 0.15) is 0 Å². The number of hydrogen-bond acceptors (Lipinski definition) is 3. The number of rotatable bonds is 11. The van der Waals surface area contributed by atoms with Crippen molar-refractivity contribution in [3.8, 4) is 0 Å². The summed E-state index contributed by atoms with van der Waals surface area (Å²) in [6.45, 7) is 2.26. The molecule has 0 saturated carbocycles. The van der Waals surface area contributed by atoms with Gasteiger partial charge in [0.05, 0.1) is 4.20 Å². The van der Waals surface area contributed by atoms with Crippen molar-refractivity contribution in [1.82, 2.24) is 0 Å². The van der Waals surface area contributed by atoms with E-state index in [-0.39, 0.29) is 0 Å². The normalized spacial score (nSPS) is 16.1. The summed E-state index contributed by atoms with van der Waals surface area (Å²) in [4.78, 5) is 8.74. The monoisotopic (exact) mass is 298 g/mol. The molecule has 1 aliphatic heterocycles. The maximum Gasteiger partial charge on any atom is 0.191 e. The van der Waals surface area contributed by atoms with Crippen LogP contribution < -0.4 is 0 Å². The van der Waals surface area contributed by atoms with Crippen molar-refractivity contribution in [1.29, 1.82) is 0 Å². The zero-order valence-corrected chi connectivity index (χ0v) is 13.7. The standard InChI is InChI=1S/C15H26N2S2/c1-2-3-4-5-6-7-8-9-10-11-15(14(18)19)16-12-13-17-15/h12-13H,2-11H2,1H3,(H,18,19). The number of thiol groups is 1. The van der Waals surface area contributed by atoms with Crippen molar-refractivity contribution in [3.05, 3.63) is 0 Å². The highest BCUT2D eigenvalue weighted by atomic mass is 32.1. The van der Waals surface area contributed by atoms with Gasteiger partial charge in [-0.1, -0.05) is 70.5 Å². The lowest BCUT2D eigenvalue weighted by molar-refractivity contribution is 0.502. The Hall–Kier alpha value is -0.220. The molecule has 0 aromatic carbocycles. The van der Waals surface area contributed by atoms with Gasteiger partial charge in [-0.3, -0.25) is 9.98 Å². The molecular formula is C15H26N2S2. The Balaban J connectivity index is 2.03. The molecule has 0 radical (unpaired) electrons. The van der Waals surface area contributed by atoms with Crippen LogP contribution in [0.1, 0.15) is 71.1 Å². The third kappa shape index (κ3) is 6.17.